The topological polar surface area (TPSA) is 60.5 Å². The second kappa shape index (κ2) is 8.49. The van der Waals surface area contributed by atoms with Crippen molar-refractivity contribution in [3.05, 3.63) is 59.6 Å². The minimum Gasteiger partial charge on any atom is -0.497 e. The molecule has 0 saturated carbocycles. The van der Waals surface area contributed by atoms with E-state index < -0.39 is 0 Å². The average molecular weight is 368 g/mol. The first-order chi connectivity index (χ1) is 12.7. The Morgan fingerprint density at radius 1 is 1.08 bits per heavy atom. The summed E-state index contributed by atoms with van der Waals surface area (Å²) in [7, 11) is 3.25. The second-order valence-electron chi connectivity index (χ2n) is 5.66. The molecule has 0 saturated heterocycles. The lowest BCUT2D eigenvalue weighted by atomic mass is 10.2. The van der Waals surface area contributed by atoms with E-state index in [1.807, 2.05) is 47.8 Å². The Labute approximate surface area is 156 Å². The first kappa shape index (κ1) is 17.9. The van der Waals surface area contributed by atoms with Gasteiger partial charge in [0.1, 0.15) is 16.5 Å². The van der Waals surface area contributed by atoms with Crippen molar-refractivity contribution < 1.29 is 14.3 Å². The van der Waals surface area contributed by atoms with Crippen molar-refractivity contribution >= 4 is 22.9 Å². The van der Waals surface area contributed by atoms with Gasteiger partial charge in [-0.15, -0.1) is 11.3 Å². The highest BCUT2D eigenvalue weighted by atomic mass is 32.1. The fourth-order valence-corrected chi connectivity index (χ4v) is 3.33. The molecule has 0 aliphatic carbocycles. The Hall–Kier alpha value is -2.86. The summed E-state index contributed by atoms with van der Waals surface area (Å²) in [6.07, 6.45) is 0.967. The number of ether oxygens (including phenoxy) is 2. The third-order valence-corrected chi connectivity index (χ3v) is 4.77. The van der Waals surface area contributed by atoms with Crippen LogP contribution in [0, 0.1) is 0 Å². The molecule has 1 N–H and O–H groups in total. The SMILES string of the molecule is COc1cccc(NC(=O)CCc2csc(-c3cccc(OC)c3)n2)c1. The van der Waals surface area contributed by atoms with Crippen LogP contribution in [0.2, 0.25) is 0 Å². The van der Waals surface area contributed by atoms with Gasteiger partial charge in [0.25, 0.3) is 0 Å². The molecule has 0 aliphatic heterocycles. The summed E-state index contributed by atoms with van der Waals surface area (Å²) < 4.78 is 10.4. The molecule has 0 fully saturated rings. The minimum atomic E-state index is -0.0471. The molecular weight excluding hydrogens is 348 g/mol. The number of aromatic nitrogens is 1. The van der Waals surface area contributed by atoms with E-state index in [2.05, 4.69) is 10.3 Å². The summed E-state index contributed by atoms with van der Waals surface area (Å²) in [5.74, 6) is 1.47. The van der Waals surface area contributed by atoms with Gasteiger partial charge in [-0.1, -0.05) is 18.2 Å². The molecule has 0 bridgehead atoms. The smallest absolute Gasteiger partial charge is 0.224 e. The Bertz CT molecular complexity index is 892. The minimum absolute atomic E-state index is 0.0471. The highest BCUT2D eigenvalue weighted by molar-refractivity contribution is 7.13. The van der Waals surface area contributed by atoms with Crippen LogP contribution in [0.25, 0.3) is 10.6 Å². The highest BCUT2D eigenvalue weighted by Gasteiger charge is 2.09. The number of methoxy groups -OCH3 is 2. The molecule has 2 aromatic carbocycles. The van der Waals surface area contributed by atoms with Crippen LogP contribution in [-0.2, 0) is 11.2 Å². The third-order valence-electron chi connectivity index (χ3n) is 3.83. The molecule has 1 heterocycles. The van der Waals surface area contributed by atoms with Crippen LogP contribution in [0.3, 0.4) is 0 Å². The number of nitrogens with one attached hydrogen (secondary N) is 1. The van der Waals surface area contributed by atoms with Gasteiger partial charge in [-0.25, -0.2) is 4.98 Å². The maximum Gasteiger partial charge on any atom is 0.224 e. The first-order valence-corrected chi connectivity index (χ1v) is 9.08. The molecule has 0 atom stereocenters. The van der Waals surface area contributed by atoms with E-state index >= 15 is 0 Å². The Morgan fingerprint density at radius 2 is 1.81 bits per heavy atom. The van der Waals surface area contributed by atoms with Crippen LogP contribution in [-0.4, -0.2) is 25.1 Å². The lowest BCUT2D eigenvalue weighted by Crippen LogP contribution is -2.12. The molecule has 5 nitrogen and oxygen atoms in total. The highest BCUT2D eigenvalue weighted by Crippen LogP contribution is 2.27. The number of amides is 1. The van der Waals surface area contributed by atoms with Gasteiger partial charge in [-0.3, -0.25) is 4.79 Å². The van der Waals surface area contributed by atoms with Crippen LogP contribution in [0.5, 0.6) is 11.5 Å². The quantitative estimate of drug-likeness (QED) is 0.671. The van der Waals surface area contributed by atoms with Gasteiger partial charge in [0.2, 0.25) is 5.91 Å². The van der Waals surface area contributed by atoms with Crippen LogP contribution in [0.1, 0.15) is 12.1 Å². The first-order valence-electron chi connectivity index (χ1n) is 8.20. The predicted octanol–water partition coefficient (Wildman–Crippen LogP) is 4.40. The molecule has 6 heteroatoms. The number of carbonyl (C=O) groups excluding carboxylic acids is 1. The van der Waals surface area contributed by atoms with Gasteiger partial charge in [-0.05, 0) is 30.7 Å². The molecule has 1 aromatic heterocycles. The van der Waals surface area contributed by atoms with E-state index in [1.54, 1.807) is 31.6 Å². The summed E-state index contributed by atoms with van der Waals surface area (Å²) >= 11 is 1.57. The van der Waals surface area contributed by atoms with Gasteiger partial charge >= 0.3 is 0 Å². The lowest BCUT2D eigenvalue weighted by Gasteiger charge is -2.06. The Kier molecular flexibility index (Phi) is 5.86. The van der Waals surface area contributed by atoms with E-state index in [0.717, 1.165) is 27.7 Å². The van der Waals surface area contributed by atoms with Crippen LogP contribution >= 0.6 is 11.3 Å². The number of hydrogen-bond donors (Lipinski definition) is 1. The summed E-state index contributed by atoms with van der Waals surface area (Å²) in [6.45, 7) is 0. The monoisotopic (exact) mass is 368 g/mol. The van der Waals surface area contributed by atoms with Gasteiger partial charge < -0.3 is 14.8 Å². The van der Waals surface area contributed by atoms with E-state index in [1.165, 1.54) is 0 Å². The molecule has 3 aromatic rings. The van der Waals surface area contributed by atoms with E-state index in [9.17, 15) is 4.79 Å². The molecule has 0 radical (unpaired) electrons. The van der Waals surface area contributed by atoms with Gasteiger partial charge in [0.05, 0.1) is 19.9 Å². The zero-order valence-electron chi connectivity index (χ0n) is 14.7. The molecule has 1 amide bonds. The number of anilines is 1. The molecule has 0 aliphatic rings. The summed E-state index contributed by atoms with van der Waals surface area (Å²) in [4.78, 5) is 16.8. The van der Waals surface area contributed by atoms with E-state index in [-0.39, 0.29) is 5.91 Å². The molecule has 26 heavy (non-hydrogen) atoms. The van der Waals surface area contributed by atoms with Gasteiger partial charge in [-0.2, -0.15) is 0 Å². The van der Waals surface area contributed by atoms with Crippen molar-refractivity contribution in [2.75, 3.05) is 19.5 Å². The molecule has 0 spiro atoms. The zero-order chi connectivity index (χ0) is 18.4. The van der Waals surface area contributed by atoms with Crippen LogP contribution < -0.4 is 14.8 Å². The van der Waals surface area contributed by atoms with E-state index in [4.69, 9.17) is 9.47 Å². The van der Waals surface area contributed by atoms with Crippen molar-refractivity contribution in [3.8, 4) is 22.1 Å². The fourth-order valence-electron chi connectivity index (χ4n) is 2.48. The van der Waals surface area contributed by atoms with Crippen molar-refractivity contribution in [1.29, 1.82) is 0 Å². The molecule has 134 valence electrons. The van der Waals surface area contributed by atoms with Gasteiger partial charge in [0.15, 0.2) is 0 Å². The number of aryl methyl sites for hydroxylation is 1. The summed E-state index contributed by atoms with van der Waals surface area (Å²) in [5.41, 5.74) is 2.65. The number of benzene rings is 2. The van der Waals surface area contributed by atoms with Crippen molar-refractivity contribution in [2.24, 2.45) is 0 Å². The maximum absolute atomic E-state index is 12.2. The van der Waals surface area contributed by atoms with Crippen molar-refractivity contribution in [3.63, 3.8) is 0 Å². The number of rotatable bonds is 7. The van der Waals surface area contributed by atoms with Crippen LogP contribution in [0.15, 0.2) is 53.9 Å². The number of hydrogen-bond acceptors (Lipinski definition) is 5. The van der Waals surface area contributed by atoms with Crippen LogP contribution in [0.4, 0.5) is 5.69 Å². The van der Waals surface area contributed by atoms with E-state index in [0.29, 0.717) is 18.6 Å². The number of carbonyl (C=O) groups is 1. The molecular formula is C20H20N2O3S. The van der Waals surface area contributed by atoms with Crippen molar-refractivity contribution in [1.82, 2.24) is 4.98 Å². The summed E-state index contributed by atoms with van der Waals surface area (Å²) in [5, 5.41) is 5.80. The number of thiazole rings is 1. The standard InChI is InChI=1S/C20H20N2O3S/c1-24-17-7-3-5-14(11-17)20-22-16(13-26-20)9-10-19(23)21-15-6-4-8-18(12-15)25-2/h3-8,11-13H,9-10H2,1-2H3,(H,21,23). The Balaban J connectivity index is 1.58. The fraction of sp³-hybridized carbons (Fsp3) is 0.200. The molecule has 0 unspecified atom stereocenters. The Morgan fingerprint density at radius 3 is 2.58 bits per heavy atom. The third kappa shape index (κ3) is 4.61. The largest absolute Gasteiger partial charge is 0.497 e. The zero-order valence-corrected chi connectivity index (χ0v) is 15.5. The van der Waals surface area contributed by atoms with Crippen molar-refractivity contribution in [2.45, 2.75) is 12.8 Å². The second-order valence-corrected chi connectivity index (χ2v) is 6.51. The lowest BCUT2D eigenvalue weighted by molar-refractivity contribution is -0.116. The average Bonchev–Trinajstić information content (AvgIpc) is 3.16. The number of nitrogens with zero attached hydrogens (tertiary/aromatic N) is 1. The predicted molar refractivity (Wildman–Crippen MR) is 104 cm³/mol. The summed E-state index contributed by atoms with van der Waals surface area (Å²) in [6, 6.07) is 15.1. The maximum atomic E-state index is 12.2. The van der Waals surface area contributed by atoms with Gasteiger partial charge in [0, 0.05) is 29.1 Å². The normalized spacial score (nSPS) is 10.4. The molecule has 3 rings (SSSR count).